The van der Waals surface area contributed by atoms with Crippen molar-refractivity contribution in [2.45, 2.75) is 19.8 Å². The van der Waals surface area contributed by atoms with Gasteiger partial charge in [-0.2, -0.15) is 26.3 Å². The number of hydrogen-bond donors (Lipinski definition) is 0. The largest absolute Gasteiger partial charge is 0.493 e. The topological polar surface area (TPSA) is 55.4 Å². The first-order valence-corrected chi connectivity index (χ1v) is 13.3. The van der Waals surface area contributed by atoms with Crippen LogP contribution in [0.1, 0.15) is 0 Å². The molecule has 0 amide bonds. The van der Waals surface area contributed by atoms with Crippen LogP contribution in [0.5, 0.6) is 28.7 Å². The summed E-state index contributed by atoms with van der Waals surface area (Å²) in [6, 6.07) is 12.8. The summed E-state index contributed by atoms with van der Waals surface area (Å²) in [7, 11) is 2.96. The van der Waals surface area contributed by atoms with Crippen LogP contribution in [0.3, 0.4) is 0 Å². The molecule has 0 unspecified atom stereocenters. The van der Waals surface area contributed by atoms with E-state index in [0.29, 0.717) is 22.2 Å². The number of hydrogen-bond acceptors (Lipinski definition) is 6. The molecule has 0 bridgehead atoms. The van der Waals surface area contributed by atoms with Gasteiger partial charge in [0.15, 0.2) is 34.6 Å². The van der Waals surface area contributed by atoms with Gasteiger partial charge in [0.25, 0.3) is 0 Å². The van der Waals surface area contributed by atoms with Gasteiger partial charge in [-0.15, -0.1) is 0 Å². The van der Waals surface area contributed by atoms with E-state index >= 15 is 0 Å². The molecule has 3 aromatic carbocycles. The summed E-state index contributed by atoms with van der Waals surface area (Å²) in [5, 5.41) is 0. The molecule has 0 aliphatic heterocycles. The Morgan fingerprint density at radius 1 is 0.561 bits per heavy atom. The molecule has 0 aliphatic carbocycles. The number of rotatable bonds is 11. The maximum absolute atomic E-state index is 13.1. The predicted octanol–water partition coefficient (Wildman–Crippen LogP) is 9.32. The Bertz CT molecular complexity index is 1190. The Morgan fingerprint density at radius 3 is 1.41 bits per heavy atom. The third kappa shape index (κ3) is 15.4. The zero-order chi connectivity index (χ0) is 30.9. The first-order valence-electron chi connectivity index (χ1n) is 10.9. The van der Waals surface area contributed by atoms with Gasteiger partial charge in [0, 0.05) is 20.5 Å². The van der Waals surface area contributed by atoms with E-state index in [9.17, 15) is 30.7 Å². The van der Waals surface area contributed by atoms with Gasteiger partial charge in [0.1, 0.15) is 6.61 Å². The van der Waals surface area contributed by atoms with E-state index in [-0.39, 0.29) is 23.1 Å². The molecule has 41 heavy (non-hydrogen) atoms. The molecule has 0 aliphatic rings. The van der Waals surface area contributed by atoms with Crippen molar-refractivity contribution in [2.75, 3.05) is 27.4 Å². The molecule has 228 valence electrons. The van der Waals surface area contributed by atoms with Crippen LogP contribution in [-0.4, -0.2) is 47.3 Å². The zero-order valence-electron chi connectivity index (χ0n) is 21.1. The van der Waals surface area contributed by atoms with E-state index < -0.39 is 31.3 Å². The molecule has 0 N–H and O–H groups in total. The summed E-state index contributed by atoms with van der Waals surface area (Å²) in [6.45, 7) is -8.22. The predicted molar refractivity (Wildman–Crippen MR) is 146 cm³/mol. The minimum Gasteiger partial charge on any atom is -0.493 e. The van der Waals surface area contributed by atoms with Gasteiger partial charge in [0.05, 0.1) is 13.7 Å². The molecule has 0 saturated heterocycles. The monoisotopic (exact) mass is 788 g/mol. The maximum Gasteiger partial charge on any atom is 0.387 e. The van der Waals surface area contributed by atoms with Crippen LogP contribution < -0.4 is 23.7 Å². The lowest BCUT2D eigenvalue weighted by Crippen LogP contribution is -2.07. The number of alkyl halides is 6. The normalized spacial score (nSPS) is 10.4. The van der Waals surface area contributed by atoms with Crippen LogP contribution in [0.15, 0.2) is 68.0 Å². The Hall–Kier alpha value is -2.43. The molecule has 0 heterocycles. The summed E-state index contributed by atoms with van der Waals surface area (Å²) in [6.07, 6.45) is 0. The molecule has 3 aromatic rings. The maximum atomic E-state index is 13.1. The molecule has 0 spiro atoms. The molecular weight excluding hydrogens is 769 g/mol. The van der Waals surface area contributed by atoms with Crippen LogP contribution in [0.2, 0.25) is 0 Å². The Labute approximate surface area is 256 Å². The number of benzene rings is 3. The van der Waals surface area contributed by atoms with E-state index in [0.717, 1.165) is 16.6 Å². The summed E-state index contributed by atoms with van der Waals surface area (Å²) in [5.41, 5.74) is 0. The Balaban J connectivity index is 0.000000309. The van der Waals surface area contributed by atoms with Crippen molar-refractivity contribution in [3.63, 3.8) is 0 Å². The highest BCUT2D eigenvalue weighted by Gasteiger charge is 2.14. The van der Waals surface area contributed by atoms with E-state index in [1.807, 2.05) is 0 Å². The Kier molecular flexibility index (Phi) is 17.5. The molecule has 0 aromatic heterocycles. The molecule has 16 heteroatoms. The van der Waals surface area contributed by atoms with Gasteiger partial charge < -0.3 is 28.4 Å². The van der Waals surface area contributed by atoms with Crippen LogP contribution >= 0.6 is 47.8 Å². The Morgan fingerprint density at radius 2 is 0.976 bits per heavy atom. The SMILES string of the molecule is COCCOc1ccc(Br)cc1F.COc1cc(Br)ccc1OC(F)F.FC(F)Oc1ccc(Br)cc1OC(F)F. The lowest BCUT2D eigenvalue weighted by atomic mass is 10.3. The summed E-state index contributed by atoms with van der Waals surface area (Å²) < 4.78 is 113. The van der Waals surface area contributed by atoms with Crippen molar-refractivity contribution in [3.05, 3.63) is 73.8 Å². The van der Waals surface area contributed by atoms with Crippen molar-refractivity contribution in [3.8, 4) is 28.7 Å². The smallest absolute Gasteiger partial charge is 0.387 e. The van der Waals surface area contributed by atoms with Gasteiger partial charge in [-0.05, 0) is 54.6 Å². The van der Waals surface area contributed by atoms with E-state index in [1.165, 1.54) is 25.3 Å². The number of halogens is 10. The minimum atomic E-state index is -3.10. The van der Waals surface area contributed by atoms with Crippen molar-refractivity contribution in [1.82, 2.24) is 0 Å². The van der Waals surface area contributed by atoms with Crippen molar-refractivity contribution >= 4 is 47.8 Å². The first-order chi connectivity index (χ1) is 19.4. The van der Waals surface area contributed by atoms with Crippen LogP contribution in [0.25, 0.3) is 0 Å². The van der Waals surface area contributed by atoms with E-state index in [4.69, 9.17) is 14.2 Å². The fourth-order valence-corrected chi connectivity index (χ4v) is 3.54. The first kappa shape index (κ1) is 36.6. The molecule has 0 radical (unpaired) electrons. The van der Waals surface area contributed by atoms with Gasteiger partial charge in [-0.25, -0.2) is 4.39 Å². The van der Waals surface area contributed by atoms with Gasteiger partial charge in [-0.1, -0.05) is 47.8 Å². The molecular formula is C25H22Br3F7O6. The van der Waals surface area contributed by atoms with Crippen molar-refractivity contribution in [2.24, 2.45) is 0 Å². The highest BCUT2D eigenvalue weighted by molar-refractivity contribution is 9.11. The highest BCUT2D eigenvalue weighted by atomic mass is 79.9. The highest BCUT2D eigenvalue weighted by Crippen LogP contribution is 2.33. The second-order valence-corrected chi connectivity index (χ2v) is 9.68. The van der Waals surface area contributed by atoms with E-state index in [2.05, 4.69) is 62.0 Å². The van der Waals surface area contributed by atoms with Gasteiger partial charge >= 0.3 is 19.8 Å². The molecule has 0 fully saturated rings. The minimum absolute atomic E-state index is 0.0284. The van der Waals surface area contributed by atoms with Crippen LogP contribution in [-0.2, 0) is 4.74 Å². The van der Waals surface area contributed by atoms with Gasteiger partial charge in [0.2, 0.25) is 0 Å². The zero-order valence-corrected chi connectivity index (χ0v) is 25.8. The summed E-state index contributed by atoms with van der Waals surface area (Å²) >= 11 is 9.32. The summed E-state index contributed by atoms with van der Waals surface area (Å²) in [5.74, 6) is -0.700. The third-order valence-electron chi connectivity index (χ3n) is 4.12. The number of methoxy groups -OCH3 is 2. The fraction of sp³-hybridized carbons (Fsp3) is 0.280. The van der Waals surface area contributed by atoms with Crippen molar-refractivity contribution in [1.29, 1.82) is 0 Å². The average Bonchev–Trinajstić information content (AvgIpc) is 2.88. The second kappa shape index (κ2) is 19.6. The summed E-state index contributed by atoms with van der Waals surface area (Å²) in [4.78, 5) is 0. The quantitative estimate of drug-likeness (QED) is 0.143. The molecule has 0 atom stereocenters. The number of ether oxygens (including phenoxy) is 6. The molecule has 0 saturated carbocycles. The van der Waals surface area contributed by atoms with Crippen LogP contribution in [0, 0.1) is 5.82 Å². The van der Waals surface area contributed by atoms with Crippen molar-refractivity contribution < 1.29 is 59.2 Å². The average molecular weight is 791 g/mol. The standard InChI is InChI=1S/C9H10BrFO2.C8H5BrF4O2.C8H7BrF2O2/c1-12-4-5-13-9-3-2-7(10)6-8(9)11;9-4-1-2-5(14-7(10)11)6(3-4)15-8(12)13;1-12-7-4-5(9)2-3-6(7)13-8(10)11/h2-3,6H,4-5H2,1H3;1-3,7-8H;2-4,8H,1H3. The van der Waals surface area contributed by atoms with E-state index in [1.54, 1.807) is 31.4 Å². The third-order valence-corrected chi connectivity index (χ3v) is 5.60. The molecule has 3 rings (SSSR count). The van der Waals surface area contributed by atoms with Gasteiger partial charge in [-0.3, -0.25) is 0 Å². The second-order valence-electron chi connectivity index (χ2n) is 6.94. The molecule has 6 nitrogen and oxygen atoms in total. The fourth-order valence-electron chi connectivity index (χ4n) is 2.53. The lowest BCUT2D eigenvalue weighted by molar-refractivity contribution is -0.0692. The lowest BCUT2D eigenvalue weighted by Gasteiger charge is -2.11. The van der Waals surface area contributed by atoms with Crippen LogP contribution in [0.4, 0.5) is 30.7 Å².